The fraction of sp³-hybridized carbons (Fsp3) is 0.263. The lowest BCUT2D eigenvalue weighted by Gasteiger charge is -2.12. The Morgan fingerprint density at radius 1 is 1.00 bits per heavy atom. The summed E-state index contributed by atoms with van der Waals surface area (Å²) in [6, 6.07) is 7.16. The molecule has 0 unspecified atom stereocenters. The second-order valence-electron chi connectivity index (χ2n) is 6.47. The summed E-state index contributed by atoms with van der Waals surface area (Å²) >= 11 is 0. The summed E-state index contributed by atoms with van der Waals surface area (Å²) in [5, 5.41) is 2.95. The molecule has 3 aromatic rings. The summed E-state index contributed by atoms with van der Waals surface area (Å²) in [7, 11) is 2.91. The van der Waals surface area contributed by atoms with E-state index < -0.39 is 17.2 Å². The van der Waals surface area contributed by atoms with Crippen LogP contribution in [0, 0.1) is 20.8 Å². The van der Waals surface area contributed by atoms with Gasteiger partial charge in [0.2, 0.25) is 0 Å². The van der Waals surface area contributed by atoms with Gasteiger partial charge in [-0.25, -0.2) is 9.78 Å². The number of benzene rings is 1. The molecule has 7 heteroatoms. The number of carbonyl (C=O) groups excluding carboxylic acids is 1. The van der Waals surface area contributed by atoms with Crippen LogP contribution in [0.2, 0.25) is 0 Å². The third-order valence-electron chi connectivity index (χ3n) is 4.55. The normalized spacial score (nSPS) is 11.0. The predicted octanol–water partition coefficient (Wildman–Crippen LogP) is 1.81. The van der Waals surface area contributed by atoms with E-state index in [1.54, 1.807) is 13.0 Å². The molecule has 3 rings (SSSR count). The lowest BCUT2D eigenvalue weighted by atomic mass is 10.1. The quantitative estimate of drug-likeness (QED) is 0.762. The van der Waals surface area contributed by atoms with Crippen LogP contribution in [0.1, 0.15) is 27.2 Å². The van der Waals surface area contributed by atoms with Gasteiger partial charge in [-0.05, 0) is 50.1 Å². The van der Waals surface area contributed by atoms with Crippen molar-refractivity contribution in [2.75, 3.05) is 5.32 Å². The molecule has 2 heterocycles. The lowest BCUT2D eigenvalue weighted by molar-refractivity contribution is 0.102. The van der Waals surface area contributed by atoms with Gasteiger partial charge >= 0.3 is 5.69 Å². The van der Waals surface area contributed by atoms with Crippen molar-refractivity contribution in [3.63, 3.8) is 0 Å². The monoisotopic (exact) mass is 352 g/mol. The lowest BCUT2D eigenvalue weighted by Crippen LogP contribution is -2.38. The number of pyridine rings is 1. The maximum atomic E-state index is 12.9. The van der Waals surface area contributed by atoms with Crippen LogP contribution in [0.15, 0.2) is 33.9 Å². The molecule has 0 aliphatic rings. The van der Waals surface area contributed by atoms with Crippen LogP contribution in [-0.4, -0.2) is 20.0 Å². The number of rotatable bonds is 2. The summed E-state index contributed by atoms with van der Waals surface area (Å²) in [4.78, 5) is 41.9. The Morgan fingerprint density at radius 3 is 2.35 bits per heavy atom. The number of nitrogens with one attached hydrogen (secondary N) is 1. The highest BCUT2D eigenvalue weighted by Crippen LogP contribution is 2.18. The molecular formula is C19H20N4O3. The first kappa shape index (κ1) is 17.6. The number of nitrogens with zero attached hydrogens (tertiary/aromatic N) is 3. The van der Waals surface area contributed by atoms with Crippen molar-refractivity contribution >= 4 is 22.6 Å². The van der Waals surface area contributed by atoms with Crippen molar-refractivity contribution in [3.8, 4) is 0 Å². The third-order valence-corrected chi connectivity index (χ3v) is 4.55. The molecular weight excluding hydrogens is 332 g/mol. The van der Waals surface area contributed by atoms with Crippen LogP contribution >= 0.6 is 0 Å². The topological polar surface area (TPSA) is 86.0 Å². The number of carbonyl (C=O) groups is 1. The molecule has 2 aromatic heterocycles. The number of fused-ring (bicyclic) bond motifs is 1. The van der Waals surface area contributed by atoms with Gasteiger partial charge in [-0.1, -0.05) is 6.07 Å². The fourth-order valence-corrected chi connectivity index (χ4v) is 2.88. The zero-order valence-electron chi connectivity index (χ0n) is 15.4. The predicted molar refractivity (Wildman–Crippen MR) is 101 cm³/mol. The molecule has 7 nitrogen and oxygen atoms in total. The molecule has 134 valence electrons. The number of aryl methyl sites for hydroxylation is 4. The second kappa shape index (κ2) is 6.25. The van der Waals surface area contributed by atoms with E-state index in [9.17, 15) is 14.4 Å². The minimum Gasteiger partial charge on any atom is -0.322 e. The summed E-state index contributed by atoms with van der Waals surface area (Å²) in [5.41, 5.74) is 2.73. The van der Waals surface area contributed by atoms with Crippen LogP contribution < -0.4 is 16.6 Å². The highest BCUT2D eigenvalue weighted by atomic mass is 16.2. The van der Waals surface area contributed by atoms with Gasteiger partial charge in [-0.3, -0.25) is 18.7 Å². The van der Waals surface area contributed by atoms with Crippen molar-refractivity contribution in [1.29, 1.82) is 0 Å². The Kier molecular flexibility index (Phi) is 4.23. The van der Waals surface area contributed by atoms with Crippen molar-refractivity contribution in [3.05, 3.63) is 67.5 Å². The summed E-state index contributed by atoms with van der Waals surface area (Å²) in [6.45, 7) is 5.67. The molecule has 1 aromatic carbocycles. The number of hydrogen-bond acceptors (Lipinski definition) is 4. The first-order valence-corrected chi connectivity index (χ1v) is 8.16. The molecule has 26 heavy (non-hydrogen) atoms. The first-order chi connectivity index (χ1) is 12.2. The maximum Gasteiger partial charge on any atom is 0.332 e. The Bertz CT molecular complexity index is 1170. The van der Waals surface area contributed by atoms with Crippen LogP contribution in [0.3, 0.4) is 0 Å². The number of aromatic nitrogens is 3. The Balaban J connectivity index is 2.21. The van der Waals surface area contributed by atoms with Gasteiger partial charge < -0.3 is 5.32 Å². The number of anilines is 1. The van der Waals surface area contributed by atoms with Gasteiger partial charge in [0.05, 0.1) is 10.9 Å². The number of amides is 1. The Labute approximate surface area is 149 Å². The molecule has 0 fully saturated rings. The Hall–Kier alpha value is -3.22. The van der Waals surface area contributed by atoms with Crippen molar-refractivity contribution in [2.24, 2.45) is 14.1 Å². The minimum absolute atomic E-state index is 0.126. The molecule has 0 bridgehead atoms. The van der Waals surface area contributed by atoms with Gasteiger partial charge in [0.25, 0.3) is 11.5 Å². The molecule has 0 radical (unpaired) electrons. The minimum atomic E-state index is -0.541. The van der Waals surface area contributed by atoms with E-state index in [1.165, 1.54) is 18.7 Å². The first-order valence-electron chi connectivity index (χ1n) is 8.16. The molecule has 1 amide bonds. The zero-order valence-corrected chi connectivity index (χ0v) is 15.4. The van der Waals surface area contributed by atoms with E-state index in [-0.39, 0.29) is 16.6 Å². The summed E-state index contributed by atoms with van der Waals surface area (Å²) < 4.78 is 2.25. The highest BCUT2D eigenvalue weighted by molar-refractivity contribution is 6.11. The van der Waals surface area contributed by atoms with Crippen LogP contribution in [-0.2, 0) is 14.1 Å². The largest absolute Gasteiger partial charge is 0.332 e. The molecule has 0 saturated heterocycles. The van der Waals surface area contributed by atoms with Crippen LogP contribution in [0.5, 0.6) is 0 Å². The van der Waals surface area contributed by atoms with Crippen LogP contribution in [0.4, 0.5) is 5.69 Å². The van der Waals surface area contributed by atoms with Gasteiger partial charge in [0.1, 0.15) is 5.65 Å². The second-order valence-corrected chi connectivity index (χ2v) is 6.47. The van der Waals surface area contributed by atoms with E-state index in [0.29, 0.717) is 11.4 Å². The van der Waals surface area contributed by atoms with Gasteiger partial charge in [0, 0.05) is 25.5 Å². The zero-order chi connectivity index (χ0) is 19.2. The van der Waals surface area contributed by atoms with Gasteiger partial charge in [-0.15, -0.1) is 0 Å². The maximum absolute atomic E-state index is 12.9. The molecule has 0 spiro atoms. The summed E-state index contributed by atoms with van der Waals surface area (Å²) in [5.74, 6) is -0.417. The van der Waals surface area contributed by atoms with Crippen molar-refractivity contribution < 1.29 is 4.79 Å². The van der Waals surface area contributed by atoms with Gasteiger partial charge in [0.15, 0.2) is 0 Å². The van der Waals surface area contributed by atoms with E-state index in [4.69, 9.17) is 0 Å². The molecule has 0 aliphatic heterocycles. The molecule has 0 aliphatic carbocycles. The number of hydrogen-bond donors (Lipinski definition) is 1. The third kappa shape index (κ3) is 2.81. The van der Waals surface area contributed by atoms with E-state index in [1.807, 2.05) is 32.0 Å². The van der Waals surface area contributed by atoms with Gasteiger partial charge in [-0.2, -0.15) is 0 Å². The fourth-order valence-electron chi connectivity index (χ4n) is 2.88. The summed E-state index contributed by atoms with van der Waals surface area (Å²) in [6.07, 6.45) is 0. The van der Waals surface area contributed by atoms with Crippen molar-refractivity contribution in [1.82, 2.24) is 14.1 Å². The van der Waals surface area contributed by atoms with E-state index >= 15 is 0 Å². The van der Waals surface area contributed by atoms with Crippen LogP contribution in [0.25, 0.3) is 11.0 Å². The smallest absolute Gasteiger partial charge is 0.322 e. The highest BCUT2D eigenvalue weighted by Gasteiger charge is 2.19. The molecule has 0 atom stereocenters. The Morgan fingerprint density at radius 2 is 1.69 bits per heavy atom. The molecule has 0 saturated carbocycles. The van der Waals surface area contributed by atoms with E-state index in [0.717, 1.165) is 15.7 Å². The molecule has 1 N–H and O–H groups in total. The average molecular weight is 352 g/mol. The standard InChI is InChI=1S/C19H20N4O3/c1-10-6-7-13(8-11(10)2)21-17(24)14-9-12(3)20-16-15(14)18(25)23(5)19(26)22(16)4/h6-9H,1-5H3,(H,21,24). The average Bonchev–Trinajstić information content (AvgIpc) is 2.60. The SMILES string of the molecule is Cc1cc(C(=O)Nc2ccc(C)c(C)c2)c2c(=O)n(C)c(=O)n(C)c2n1. The van der Waals surface area contributed by atoms with E-state index in [2.05, 4.69) is 10.3 Å². The van der Waals surface area contributed by atoms with Crippen molar-refractivity contribution in [2.45, 2.75) is 20.8 Å².